The van der Waals surface area contributed by atoms with Gasteiger partial charge >= 0.3 is 6.09 Å². The average molecular weight is 253 g/mol. The summed E-state index contributed by atoms with van der Waals surface area (Å²) in [6.07, 6.45) is -1.18. The molecule has 0 aromatic heterocycles. The van der Waals surface area contributed by atoms with Gasteiger partial charge in [-0.3, -0.25) is 0 Å². The Labute approximate surface area is 107 Å². The van der Waals surface area contributed by atoms with Gasteiger partial charge in [-0.05, 0) is 24.6 Å². The molecule has 0 fully saturated rings. The third-order valence-corrected chi connectivity index (χ3v) is 2.53. The fraction of sp³-hybridized carbons (Fsp3) is 0.462. The van der Waals surface area contributed by atoms with E-state index < -0.39 is 12.2 Å². The molecule has 1 N–H and O–H groups in total. The van der Waals surface area contributed by atoms with Crippen molar-refractivity contribution in [3.63, 3.8) is 0 Å². The van der Waals surface area contributed by atoms with Gasteiger partial charge in [-0.15, -0.1) is 0 Å². The molecule has 1 atom stereocenters. The molecule has 1 aromatic rings. The van der Waals surface area contributed by atoms with E-state index in [9.17, 15) is 9.90 Å². The van der Waals surface area contributed by atoms with Crippen molar-refractivity contribution in [2.45, 2.75) is 13.0 Å². The van der Waals surface area contributed by atoms with Crippen molar-refractivity contribution >= 4 is 6.09 Å². The minimum Gasteiger partial charge on any atom is -0.497 e. The van der Waals surface area contributed by atoms with E-state index in [4.69, 9.17) is 9.47 Å². The second-order valence-corrected chi connectivity index (χ2v) is 3.87. The maximum Gasteiger partial charge on any atom is 0.409 e. The molecule has 1 aromatic carbocycles. The van der Waals surface area contributed by atoms with E-state index in [1.54, 1.807) is 45.3 Å². The quantitative estimate of drug-likeness (QED) is 0.869. The average Bonchev–Trinajstić information content (AvgIpc) is 2.39. The van der Waals surface area contributed by atoms with E-state index in [2.05, 4.69) is 0 Å². The number of aliphatic hydroxyl groups excluding tert-OH is 1. The van der Waals surface area contributed by atoms with Crippen LogP contribution in [-0.4, -0.2) is 43.4 Å². The van der Waals surface area contributed by atoms with Crippen LogP contribution in [0.5, 0.6) is 5.75 Å². The number of rotatable bonds is 5. The van der Waals surface area contributed by atoms with Gasteiger partial charge in [0, 0.05) is 7.05 Å². The number of hydrogen-bond acceptors (Lipinski definition) is 4. The summed E-state index contributed by atoms with van der Waals surface area (Å²) >= 11 is 0. The molecule has 1 amide bonds. The van der Waals surface area contributed by atoms with Gasteiger partial charge in [0.1, 0.15) is 5.75 Å². The van der Waals surface area contributed by atoms with Crippen molar-refractivity contribution in [3.05, 3.63) is 29.8 Å². The summed E-state index contributed by atoms with van der Waals surface area (Å²) in [7, 11) is 3.17. The number of nitrogens with zero attached hydrogens (tertiary/aromatic N) is 1. The first-order valence-electron chi connectivity index (χ1n) is 5.78. The van der Waals surface area contributed by atoms with E-state index in [0.717, 1.165) is 11.3 Å². The third kappa shape index (κ3) is 3.92. The molecule has 0 heterocycles. The van der Waals surface area contributed by atoms with Crippen molar-refractivity contribution in [1.82, 2.24) is 4.90 Å². The van der Waals surface area contributed by atoms with Crippen LogP contribution in [0.2, 0.25) is 0 Å². The van der Waals surface area contributed by atoms with Gasteiger partial charge in [-0.1, -0.05) is 12.1 Å². The largest absolute Gasteiger partial charge is 0.497 e. The van der Waals surface area contributed by atoms with E-state index in [1.807, 2.05) is 0 Å². The lowest BCUT2D eigenvalue weighted by atomic mass is 10.1. The highest BCUT2D eigenvalue weighted by Crippen LogP contribution is 2.18. The van der Waals surface area contributed by atoms with Gasteiger partial charge in [-0.25, -0.2) is 4.79 Å². The molecule has 0 radical (unpaired) electrons. The standard InChI is InChI=1S/C13H19NO4/c1-4-18-13(16)14(2)9-12(15)10-5-7-11(17-3)8-6-10/h5-8,12,15H,4,9H2,1-3H3. The van der Waals surface area contributed by atoms with Crippen molar-refractivity contribution < 1.29 is 19.4 Å². The topological polar surface area (TPSA) is 59.0 Å². The van der Waals surface area contributed by atoms with Crippen LogP contribution < -0.4 is 4.74 Å². The zero-order chi connectivity index (χ0) is 13.5. The lowest BCUT2D eigenvalue weighted by molar-refractivity contribution is 0.0862. The van der Waals surface area contributed by atoms with Crippen LogP contribution in [-0.2, 0) is 4.74 Å². The number of likely N-dealkylation sites (N-methyl/N-ethyl adjacent to an activating group) is 1. The monoisotopic (exact) mass is 253 g/mol. The Morgan fingerprint density at radius 2 is 2.00 bits per heavy atom. The van der Waals surface area contributed by atoms with Crippen molar-refractivity contribution in [2.24, 2.45) is 0 Å². The van der Waals surface area contributed by atoms with Gasteiger partial charge in [0.2, 0.25) is 0 Å². The maximum absolute atomic E-state index is 11.4. The molecule has 1 rings (SSSR count). The van der Waals surface area contributed by atoms with Crippen molar-refractivity contribution in [1.29, 1.82) is 0 Å². The summed E-state index contributed by atoms with van der Waals surface area (Å²) in [6.45, 7) is 2.25. The number of carbonyl (C=O) groups is 1. The summed E-state index contributed by atoms with van der Waals surface area (Å²) in [6, 6.07) is 7.07. The first-order valence-corrected chi connectivity index (χ1v) is 5.78. The summed E-state index contributed by atoms with van der Waals surface area (Å²) in [5.41, 5.74) is 0.729. The van der Waals surface area contributed by atoms with Crippen molar-refractivity contribution in [2.75, 3.05) is 27.3 Å². The fourth-order valence-electron chi connectivity index (χ4n) is 1.50. The molecular formula is C13H19NO4. The third-order valence-electron chi connectivity index (χ3n) is 2.53. The molecular weight excluding hydrogens is 234 g/mol. The van der Waals surface area contributed by atoms with Crippen molar-refractivity contribution in [3.8, 4) is 5.75 Å². The van der Waals surface area contributed by atoms with Crippen LogP contribution in [0.15, 0.2) is 24.3 Å². The number of ether oxygens (including phenoxy) is 2. The predicted octanol–water partition coefficient (Wildman–Crippen LogP) is 1.82. The minimum atomic E-state index is -0.745. The first-order chi connectivity index (χ1) is 8.58. The Morgan fingerprint density at radius 1 is 1.39 bits per heavy atom. The van der Waals surface area contributed by atoms with E-state index in [1.165, 1.54) is 4.90 Å². The highest BCUT2D eigenvalue weighted by atomic mass is 16.6. The number of amides is 1. The lowest BCUT2D eigenvalue weighted by Gasteiger charge is -2.20. The molecule has 0 aliphatic rings. The van der Waals surface area contributed by atoms with E-state index in [0.29, 0.717) is 6.61 Å². The van der Waals surface area contributed by atoms with Gasteiger partial charge < -0.3 is 19.5 Å². The molecule has 0 saturated heterocycles. The number of benzene rings is 1. The van der Waals surface area contributed by atoms with Gasteiger partial charge in [0.05, 0.1) is 26.4 Å². The second-order valence-electron chi connectivity index (χ2n) is 3.87. The molecule has 0 saturated carbocycles. The highest BCUT2D eigenvalue weighted by molar-refractivity contribution is 5.67. The Kier molecular flexibility index (Phi) is 5.45. The molecule has 0 spiro atoms. The maximum atomic E-state index is 11.4. The normalized spacial score (nSPS) is 11.8. The molecule has 100 valence electrons. The Morgan fingerprint density at radius 3 is 2.50 bits per heavy atom. The molecule has 0 aliphatic carbocycles. The van der Waals surface area contributed by atoms with Crippen LogP contribution in [0, 0.1) is 0 Å². The molecule has 0 bridgehead atoms. The van der Waals surface area contributed by atoms with Crippen LogP contribution >= 0.6 is 0 Å². The number of hydrogen-bond donors (Lipinski definition) is 1. The minimum absolute atomic E-state index is 0.186. The van der Waals surface area contributed by atoms with Crippen LogP contribution in [0.1, 0.15) is 18.6 Å². The summed E-state index contributed by atoms with van der Waals surface area (Å²) in [5.74, 6) is 0.727. The number of methoxy groups -OCH3 is 1. The predicted molar refractivity (Wildman–Crippen MR) is 67.6 cm³/mol. The molecule has 1 unspecified atom stereocenters. The highest BCUT2D eigenvalue weighted by Gasteiger charge is 2.15. The molecule has 0 aliphatic heterocycles. The summed E-state index contributed by atoms with van der Waals surface area (Å²) in [4.78, 5) is 12.7. The lowest BCUT2D eigenvalue weighted by Crippen LogP contribution is -2.31. The zero-order valence-corrected chi connectivity index (χ0v) is 10.9. The second kappa shape index (κ2) is 6.86. The number of aliphatic hydroxyl groups is 1. The Balaban J connectivity index is 2.58. The van der Waals surface area contributed by atoms with E-state index in [-0.39, 0.29) is 6.54 Å². The molecule has 5 nitrogen and oxygen atoms in total. The molecule has 5 heteroatoms. The fourth-order valence-corrected chi connectivity index (χ4v) is 1.50. The smallest absolute Gasteiger partial charge is 0.409 e. The van der Waals surface area contributed by atoms with Gasteiger partial charge in [0.15, 0.2) is 0 Å². The summed E-state index contributed by atoms with van der Waals surface area (Å²) in [5, 5.41) is 9.98. The zero-order valence-electron chi connectivity index (χ0n) is 10.9. The Hall–Kier alpha value is -1.75. The molecule has 18 heavy (non-hydrogen) atoms. The number of carbonyl (C=O) groups excluding carboxylic acids is 1. The van der Waals surface area contributed by atoms with Crippen LogP contribution in [0.3, 0.4) is 0 Å². The van der Waals surface area contributed by atoms with Gasteiger partial charge in [-0.2, -0.15) is 0 Å². The van der Waals surface area contributed by atoms with Gasteiger partial charge in [0.25, 0.3) is 0 Å². The van der Waals surface area contributed by atoms with Crippen LogP contribution in [0.4, 0.5) is 4.79 Å². The van der Waals surface area contributed by atoms with E-state index >= 15 is 0 Å². The Bertz CT molecular complexity index is 377. The summed E-state index contributed by atoms with van der Waals surface area (Å²) < 4.78 is 9.87. The first kappa shape index (κ1) is 14.3. The van der Waals surface area contributed by atoms with Crippen LogP contribution in [0.25, 0.3) is 0 Å². The SMILES string of the molecule is CCOC(=O)N(C)CC(O)c1ccc(OC)cc1.